The molecule has 1 aliphatic carbocycles. The second-order valence-corrected chi connectivity index (χ2v) is 13.0. The van der Waals surface area contributed by atoms with E-state index in [9.17, 15) is 0 Å². The zero-order valence-electron chi connectivity index (χ0n) is 16.7. The van der Waals surface area contributed by atoms with Crippen LogP contribution < -0.4 is 5.30 Å². The molecule has 1 atom stereocenters. The first kappa shape index (κ1) is 18.4. The molecular weight excluding hydrogens is 319 g/mol. The van der Waals surface area contributed by atoms with Crippen molar-refractivity contribution in [3.63, 3.8) is 0 Å². The molecule has 2 aromatic rings. The summed E-state index contributed by atoms with van der Waals surface area (Å²) in [6, 6.07) is 18.1. The summed E-state index contributed by atoms with van der Waals surface area (Å²) < 4.78 is 0. The maximum absolute atomic E-state index is 2.41. The highest BCUT2D eigenvalue weighted by Crippen LogP contribution is 2.59. The molecule has 0 saturated heterocycles. The van der Waals surface area contributed by atoms with Crippen LogP contribution in [0.3, 0.4) is 0 Å². The summed E-state index contributed by atoms with van der Waals surface area (Å²) in [5, 5.41) is 2.13. The van der Waals surface area contributed by atoms with Crippen molar-refractivity contribution in [3.8, 4) is 0 Å². The Balaban J connectivity index is 2.20. The van der Waals surface area contributed by atoms with Crippen molar-refractivity contribution >= 4 is 19.3 Å². The maximum atomic E-state index is 2.41. The summed E-state index contributed by atoms with van der Waals surface area (Å²) >= 11 is 0. The Morgan fingerprint density at radius 2 is 1.24 bits per heavy atom. The first-order valence-electron chi connectivity index (χ1n) is 9.27. The first-order valence-corrected chi connectivity index (χ1v) is 10.6. The summed E-state index contributed by atoms with van der Waals surface area (Å²) in [5.41, 5.74) is 5.82. The zero-order valence-corrected chi connectivity index (χ0v) is 17.6. The largest absolute Gasteiger partial charge is 0.0640 e. The molecular formula is C24H31P. The molecule has 0 radical (unpaired) electrons. The van der Waals surface area contributed by atoms with E-state index in [-0.39, 0.29) is 18.2 Å². The van der Waals surface area contributed by atoms with Gasteiger partial charge in [-0.05, 0) is 39.2 Å². The minimum absolute atomic E-state index is 0.277. The smallest absolute Gasteiger partial charge is 0.0311 e. The quantitative estimate of drug-likeness (QED) is 0.515. The fraction of sp³-hybridized carbons (Fsp3) is 0.417. The van der Waals surface area contributed by atoms with Gasteiger partial charge in [-0.3, -0.25) is 0 Å². The summed E-state index contributed by atoms with van der Waals surface area (Å²) in [7, 11) is -0.310. The lowest BCUT2D eigenvalue weighted by Crippen LogP contribution is -2.33. The minimum Gasteiger partial charge on any atom is -0.0640 e. The van der Waals surface area contributed by atoms with Crippen LogP contribution in [0.4, 0.5) is 0 Å². The van der Waals surface area contributed by atoms with Gasteiger partial charge in [0.2, 0.25) is 0 Å². The van der Waals surface area contributed by atoms with Crippen LogP contribution in [0, 0.1) is 0 Å². The molecule has 1 heteroatoms. The number of allylic oxidation sites excluding steroid dienone is 1. The predicted octanol–water partition coefficient (Wildman–Crippen LogP) is 6.94. The maximum Gasteiger partial charge on any atom is 0.0311 e. The third-order valence-corrected chi connectivity index (χ3v) is 8.55. The molecule has 0 bridgehead atoms. The van der Waals surface area contributed by atoms with Gasteiger partial charge in [0.05, 0.1) is 0 Å². The van der Waals surface area contributed by atoms with Crippen LogP contribution in [0.15, 0.2) is 54.1 Å². The van der Waals surface area contributed by atoms with Crippen molar-refractivity contribution < 1.29 is 0 Å². The fourth-order valence-electron chi connectivity index (χ4n) is 4.56. The standard InChI is InChI=1S/C24H31P/c1-17-16-18-12-8-9-13-19(18)22(17)20-14-10-11-15-21(20)25(23(2,3)4)24(5,6)7/h8-16,22H,1-7H3. The highest BCUT2D eigenvalue weighted by Gasteiger charge is 2.38. The highest BCUT2D eigenvalue weighted by atomic mass is 31.1. The van der Waals surface area contributed by atoms with Crippen molar-refractivity contribution in [3.05, 3.63) is 70.8 Å². The number of hydrogen-bond donors (Lipinski definition) is 0. The monoisotopic (exact) mass is 350 g/mol. The average molecular weight is 350 g/mol. The second kappa shape index (κ2) is 6.40. The van der Waals surface area contributed by atoms with Gasteiger partial charge in [0.25, 0.3) is 0 Å². The first-order chi connectivity index (χ1) is 11.6. The van der Waals surface area contributed by atoms with Crippen LogP contribution in [0.2, 0.25) is 0 Å². The number of fused-ring (bicyclic) bond motifs is 1. The van der Waals surface area contributed by atoms with Gasteiger partial charge in [-0.2, -0.15) is 0 Å². The molecule has 0 N–H and O–H groups in total. The molecule has 0 amide bonds. The molecule has 0 aliphatic heterocycles. The molecule has 25 heavy (non-hydrogen) atoms. The van der Waals surface area contributed by atoms with E-state index in [0.717, 1.165) is 0 Å². The van der Waals surface area contributed by atoms with Crippen molar-refractivity contribution in [2.75, 3.05) is 0 Å². The van der Waals surface area contributed by atoms with Crippen LogP contribution in [0.1, 0.15) is 71.1 Å². The van der Waals surface area contributed by atoms with Gasteiger partial charge in [-0.1, -0.05) is 110 Å². The fourth-order valence-corrected chi connectivity index (χ4v) is 8.71. The van der Waals surface area contributed by atoms with Crippen molar-refractivity contribution in [2.24, 2.45) is 0 Å². The van der Waals surface area contributed by atoms with E-state index in [1.54, 1.807) is 5.30 Å². The average Bonchev–Trinajstić information content (AvgIpc) is 2.81. The van der Waals surface area contributed by atoms with Crippen molar-refractivity contribution in [2.45, 2.75) is 64.7 Å². The van der Waals surface area contributed by atoms with Gasteiger partial charge in [0, 0.05) is 5.92 Å². The Morgan fingerprint density at radius 1 is 0.720 bits per heavy atom. The zero-order chi connectivity index (χ0) is 18.4. The molecule has 0 heterocycles. The number of hydrogen-bond acceptors (Lipinski definition) is 0. The minimum atomic E-state index is -0.310. The third-order valence-electron chi connectivity index (χ3n) is 4.98. The Bertz CT molecular complexity index is 785. The van der Waals surface area contributed by atoms with E-state index in [1.807, 2.05) is 0 Å². The van der Waals surface area contributed by atoms with Gasteiger partial charge >= 0.3 is 0 Å². The van der Waals surface area contributed by atoms with Gasteiger partial charge in [-0.25, -0.2) is 0 Å². The van der Waals surface area contributed by atoms with Crippen LogP contribution in [0.5, 0.6) is 0 Å². The van der Waals surface area contributed by atoms with Crippen molar-refractivity contribution in [1.82, 2.24) is 0 Å². The van der Waals surface area contributed by atoms with E-state index in [1.165, 1.54) is 22.3 Å². The lowest BCUT2D eigenvalue weighted by Gasteiger charge is -2.43. The molecule has 0 saturated carbocycles. The van der Waals surface area contributed by atoms with Gasteiger partial charge in [0.1, 0.15) is 0 Å². The molecule has 1 unspecified atom stereocenters. The SMILES string of the molecule is CC1=Cc2ccccc2C1c1ccccc1P(C(C)(C)C)C(C)(C)C. The van der Waals surface area contributed by atoms with Crippen molar-refractivity contribution in [1.29, 1.82) is 0 Å². The lowest BCUT2D eigenvalue weighted by molar-refractivity contribution is 0.714. The summed E-state index contributed by atoms with van der Waals surface area (Å²) in [6.07, 6.45) is 2.37. The van der Waals surface area contributed by atoms with E-state index in [4.69, 9.17) is 0 Å². The normalized spacial score (nSPS) is 17.6. The van der Waals surface area contributed by atoms with E-state index in [2.05, 4.69) is 103 Å². The molecule has 132 valence electrons. The third kappa shape index (κ3) is 3.47. The summed E-state index contributed by atoms with van der Waals surface area (Å²) in [6.45, 7) is 16.7. The van der Waals surface area contributed by atoms with Gasteiger partial charge in [-0.15, -0.1) is 0 Å². The van der Waals surface area contributed by atoms with Gasteiger partial charge in [0.15, 0.2) is 0 Å². The summed E-state index contributed by atoms with van der Waals surface area (Å²) in [5.74, 6) is 0.405. The number of rotatable bonds is 2. The molecule has 2 aromatic carbocycles. The Morgan fingerprint density at radius 3 is 1.84 bits per heavy atom. The number of benzene rings is 2. The molecule has 3 rings (SSSR count). The summed E-state index contributed by atoms with van der Waals surface area (Å²) in [4.78, 5) is 0. The van der Waals surface area contributed by atoms with Crippen LogP contribution in [0.25, 0.3) is 6.08 Å². The van der Waals surface area contributed by atoms with Gasteiger partial charge < -0.3 is 0 Å². The lowest BCUT2D eigenvalue weighted by atomic mass is 9.89. The Labute approximate surface area is 155 Å². The predicted molar refractivity (Wildman–Crippen MR) is 114 cm³/mol. The van der Waals surface area contributed by atoms with E-state index >= 15 is 0 Å². The topological polar surface area (TPSA) is 0 Å². The molecule has 0 aromatic heterocycles. The Kier molecular flexibility index (Phi) is 4.71. The molecule has 1 aliphatic rings. The molecule has 0 spiro atoms. The molecule has 0 fully saturated rings. The van der Waals surface area contributed by atoms with E-state index < -0.39 is 0 Å². The Hall–Kier alpha value is -1.39. The van der Waals surface area contributed by atoms with Crippen LogP contribution in [-0.4, -0.2) is 10.3 Å². The molecule has 0 nitrogen and oxygen atoms in total. The second-order valence-electron chi connectivity index (χ2n) is 9.19. The van der Waals surface area contributed by atoms with Crippen LogP contribution in [-0.2, 0) is 0 Å². The highest BCUT2D eigenvalue weighted by molar-refractivity contribution is 7.68. The van der Waals surface area contributed by atoms with Crippen LogP contribution >= 0.6 is 7.92 Å². The van der Waals surface area contributed by atoms with E-state index in [0.29, 0.717) is 5.92 Å².